The molecule has 1 heterocycles. The molecule has 1 aromatic heterocycles. The molecule has 2 aliphatic carbocycles. The van der Waals surface area contributed by atoms with Crippen LogP contribution in [-0.4, -0.2) is 0 Å². The van der Waals surface area contributed by atoms with Crippen molar-refractivity contribution in [1.82, 2.24) is 0 Å². The zero-order chi connectivity index (χ0) is 34.9. The number of rotatable bonds is 4. The minimum atomic E-state index is 1.15. The smallest absolute Gasteiger partial charge is 0.0440 e. The molecule has 0 bridgehead atoms. The number of fused-ring (bicyclic) bond motifs is 7. The van der Waals surface area contributed by atoms with Crippen molar-refractivity contribution < 1.29 is 0 Å². The summed E-state index contributed by atoms with van der Waals surface area (Å²) in [5.41, 5.74) is 14.4. The van der Waals surface area contributed by atoms with Gasteiger partial charge in [0.2, 0.25) is 0 Å². The molecule has 254 valence electrons. The summed E-state index contributed by atoms with van der Waals surface area (Å²) < 4.78 is 0. The maximum atomic E-state index is 2.57. The second-order valence-corrected chi connectivity index (χ2v) is 16.3. The maximum absolute atomic E-state index is 2.57. The predicted molar refractivity (Wildman–Crippen MR) is 229 cm³/mol. The SMILES string of the molecule is c1cc2c(c(-c3sc(-c4cccc5c4ccc4ccccc45)c(-c4cccc5cc6ccccc6cc45)c3-c3ccc4c(c3)CCCC4)c1)CCCC2. The minimum absolute atomic E-state index is 1.15. The Morgan fingerprint density at radius 3 is 1.91 bits per heavy atom. The lowest BCUT2D eigenvalue weighted by Crippen LogP contribution is -2.04. The van der Waals surface area contributed by atoms with Crippen LogP contribution < -0.4 is 0 Å². The highest BCUT2D eigenvalue weighted by Gasteiger charge is 2.28. The van der Waals surface area contributed by atoms with Gasteiger partial charge >= 0.3 is 0 Å². The van der Waals surface area contributed by atoms with Gasteiger partial charge in [0.1, 0.15) is 0 Å². The molecule has 0 radical (unpaired) electrons. The highest BCUT2D eigenvalue weighted by atomic mass is 32.1. The standard InChI is InChI=1S/C52H40S/c1-2-15-36-31-40(27-26-33(36)12-1)49-50(45-23-10-19-39-30-37-16-3-4-17-38(37)32-48(39)45)52(53-51(49)46-24-9-18-34-13-5-8-21-42(34)46)47-25-11-22-43-41-20-7-6-14-35(41)28-29-44(43)47/h3-4,6-7,9-11,14,16-20,22-32H,1-2,5,8,12-13,15,21H2. The molecule has 0 aliphatic heterocycles. The van der Waals surface area contributed by atoms with E-state index in [-0.39, 0.29) is 0 Å². The molecule has 11 rings (SSSR count). The molecule has 0 spiro atoms. The van der Waals surface area contributed by atoms with E-state index in [9.17, 15) is 0 Å². The van der Waals surface area contributed by atoms with Gasteiger partial charge in [-0.05, 0) is 146 Å². The van der Waals surface area contributed by atoms with Crippen LogP contribution in [0.25, 0.3) is 86.2 Å². The van der Waals surface area contributed by atoms with E-state index in [1.165, 1.54) is 148 Å². The number of aryl methyl sites for hydroxylation is 3. The van der Waals surface area contributed by atoms with Gasteiger partial charge in [0.25, 0.3) is 0 Å². The van der Waals surface area contributed by atoms with Gasteiger partial charge in [0.05, 0.1) is 0 Å². The Morgan fingerprint density at radius 2 is 1.00 bits per heavy atom. The Morgan fingerprint density at radius 1 is 0.340 bits per heavy atom. The highest BCUT2D eigenvalue weighted by molar-refractivity contribution is 7.20. The first-order valence-electron chi connectivity index (χ1n) is 19.5. The molecule has 1 heteroatoms. The van der Waals surface area contributed by atoms with Crippen molar-refractivity contribution in [2.24, 2.45) is 0 Å². The summed E-state index contributed by atoms with van der Waals surface area (Å²) in [5, 5.41) is 10.4. The lowest BCUT2D eigenvalue weighted by atomic mass is 9.83. The first-order valence-corrected chi connectivity index (χ1v) is 20.3. The molecule has 9 aromatic rings. The van der Waals surface area contributed by atoms with E-state index in [4.69, 9.17) is 0 Å². The van der Waals surface area contributed by atoms with Crippen LogP contribution in [0.5, 0.6) is 0 Å². The van der Waals surface area contributed by atoms with Crippen molar-refractivity contribution >= 4 is 54.4 Å². The predicted octanol–water partition coefficient (Wildman–Crippen LogP) is 14.8. The van der Waals surface area contributed by atoms with Crippen LogP contribution in [0, 0.1) is 0 Å². The lowest BCUT2D eigenvalue weighted by Gasteiger charge is -2.21. The zero-order valence-electron chi connectivity index (χ0n) is 29.9. The van der Waals surface area contributed by atoms with Gasteiger partial charge in [0, 0.05) is 26.4 Å². The summed E-state index contributed by atoms with van der Waals surface area (Å²) in [6.07, 6.45) is 9.80. The van der Waals surface area contributed by atoms with Crippen molar-refractivity contribution in [3.05, 3.63) is 168 Å². The fourth-order valence-corrected chi connectivity index (χ4v) is 11.1. The molecule has 0 unspecified atom stereocenters. The Labute approximate surface area is 315 Å². The average Bonchev–Trinajstić information content (AvgIpc) is 3.62. The van der Waals surface area contributed by atoms with Crippen molar-refractivity contribution in [1.29, 1.82) is 0 Å². The first kappa shape index (κ1) is 31.1. The summed E-state index contributed by atoms with van der Waals surface area (Å²) in [5.74, 6) is 0. The van der Waals surface area contributed by atoms with Gasteiger partial charge < -0.3 is 0 Å². The monoisotopic (exact) mass is 696 g/mol. The van der Waals surface area contributed by atoms with Gasteiger partial charge in [-0.25, -0.2) is 0 Å². The van der Waals surface area contributed by atoms with Crippen molar-refractivity contribution in [3.8, 4) is 43.1 Å². The topological polar surface area (TPSA) is 0 Å². The third-order valence-electron chi connectivity index (χ3n) is 12.2. The third kappa shape index (κ3) is 5.09. The van der Waals surface area contributed by atoms with E-state index in [0.29, 0.717) is 0 Å². The van der Waals surface area contributed by atoms with Crippen molar-refractivity contribution in [2.75, 3.05) is 0 Å². The van der Waals surface area contributed by atoms with Gasteiger partial charge in [0.15, 0.2) is 0 Å². The second kappa shape index (κ2) is 12.6. The van der Waals surface area contributed by atoms with E-state index >= 15 is 0 Å². The Kier molecular flexibility index (Phi) is 7.37. The fraction of sp³-hybridized carbons (Fsp3) is 0.154. The Balaban J connectivity index is 1.30. The Hall–Kier alpha value is -5.50. The fourth-order valence-electron chi connectivity index (χ4n) is 9.65. The molecule has 0 saturated heterocycles. The minimum Gasteiger partial charge on any atom is -0.134 e. The number of hydrogen-bond acceptors (Lipinski definition) is 1. The summed E-state index contributed by atoms with van der Waals surface area (Å²) in [7, 11) is 0. The summed E-state index contributed by atoms with van der Waals surface area (Å²) in [6, 6.07) is 55.8. The third-order valence-corrected chi connectivity index (χ3v) is 13.5. The van der Waals surface area contributed by atoms with Crippen LogP contribution in [-0.2, 0) is 25.7 Å². The molecule has 0 saturated carbocycles. The van der Waals surface area contributed by atoms with Crippen LogP contribution in [0.2, 0.25) is 0 Å². The summed E-state index contributed by atoms with van der Waals surface area (Å²) >= 11 is 2.02. The highest BCUT2D eigenvalue weighted by Crippen LogP contribution is 2.55. The normalized spacial score (nSPS) is 14.2. The summed E-state index contributed by atoms with van der Waals surface area (Å²) in [4.78, 5) is 2.78. The molecular formula is C52H40S. The van der Waals surface area contributed by atoms with Gasteiger partial charge in [-0.15, -0.1) is 11.3 Å². The Bertz CT molecular complexity index is 2900. The largest absolute Gasteiger partial charge is 0.134 e. The second-order valence-electron chi connectivity index (χ2n) is 15.3. The van der Waals surface area contributed by atoms with E-state index in [1.807, 2.05) is 11.3 Å². The van der Waals surface area contributed by atoms with Crippen molar-refractivity contribution in [2.45, 2.75) is 51.4 Å². The van der Waals surface area contributed by atoms with Crippen LogP contribution >= 0.6 is 11.3 Å². The summed E-state index contributed by atoms with van der Waals surface area (Å²) in [6.45, 7) is 0. The van der Waals surface area contributed by atoms with E-state index < -0.39 is 0 Å². The molecule has 0 fully saturated rings. The van der Waals surface area contributed by atoms with Crippen LogP contribution in [0.1, 0.15) is 47.9 Å². The van der Waals surface area contributed by atoms with Gasteiger partial charge in [-0.3, -0.25) is 0 Å². The van der Waals surface area contributed by atoms with Crippen LogP contribution in [0.4, 0.5) is 0 Å². The van der Waals surface area contributed by atoms with E-state index in [2.05, 4.69) is 146 Å². The molecule has 0 nitrogen and oxygen atoms in total. The molecule has 2 aliphatic rings. The average molecular weight is 697 g/mol. The van der Waals surface area contributed by atoms with Crippen LogP contribution in [0.3, 0.4) is 0 Å². The molecule has 0 amide bonds. The van der Waals surface area contributed by atoms with E-state index in [0.717, 1.165) is 6.42 Å². The molecule has 8 aromatic carbocycles. The van der Waals surface area contributed by atoms with E-state index in [1.54, 1.807) is 5.56 Å². The quantitative estimate of drug-likeness (QED) is 0.127. The molecule has 53 heavy (non-hydrogen) atoms. The number of thiophene rings is 1. The molecule has 0 N–H and O–H groups in total. The van der Waals surface area contributed by atoms with Gasteiger partial charge in [-0.2, -0.15) is 0 Å². The molecule has 0 atom stereocenters. The van der Waals surface area contributed by atoms with Crippen molar-refractivity contribution in [3.63, 3.8) is 0 Å². The lowest BCUT2D eigenvalue weighted by molar-refractivity contribution is 0.686. The molecular weight excluding hydrogens is 657 g/mol. The van der Waals surface area contributed by atoms with Gasteiger partial charge in [-0.1, -0.05) is 133 Å². The number of benzene rings is 8. The zero-order valence-corrected chi connectivity index (χ0v) is 30.7. The van der Waals surface area contributed by atoms with Crippen LogP contribution in [0.15, 0.2) is 146 Å². The maximum Gasteiger partial charge on any atom is 0.0440 e. The first-order chi connectivity index (χ1) is 26.3. The number of hydrogen-bond donors (Lipinski definition) is 0.